The van der Waals surface area contributed by atoms with Crippen LogP contribution in [0.25, 0.3) is 0 Å². The minimum absolute atomic E-state index is 0.105. The molecule has 1 amide bonds. The Balaban J connectivity index is 1.40. The van der Waals surface area contributed by atoms with Crippen molar-refractivity contribution >= 4 is 34.8 Å². The second kappa shape index (κ2) is 10.9. The van der Waals surface area contributed by atoms with E-state index in [1.165, 1.54) is 0 Å². The number of β-amino-alcohol motifs (C(OH)–C–C–N with tert-alkyl or cyclic N) is 1. The Hall–Kier alpha value is -1.99. The molecule has 1 aliphatic heterocycles. The average molecular weight is 452 g/mol. The number of piperidine rings is 1. The third kappa shape index (κ3) is 6.25. The molecule has 6 nitrogen and oxygen atoms in total. The minimum Gasteiger partial charge on any atom is -0.490 e. The minimum atomic E-state index is -0.636. The largest absolute Gasteiger partial charge is 0.490 e. The molecule has 0 aromatic heterocycles. The van der Waals surface area contributed by atoms with Crippen molar-refractivity contribution in [3.05, 3.63) is 58.1 Å². The molecule has 162 valence electrons. The number of halogens is 2. The second-order valence-electron chi connectivity index (χ2n) is 7.35. The predicted octanol–water partition coefficient (Wildman–Crippen LogP) is 3.67. The Morgan fingerprint density at radius 2 is 1.93 bits per heavy atom. The van der Waals surface area contributed by atoms with Crippen LogP contribution in [0.15, 0.2) is 42.5 Å². The molecule has 2 aromatic carbocycles. The molecule has 0 spiro atoms. The lowest BCUT2D eigenvalue weighted by molar-refractivity contribution is 0.0594. The molecule has 1 saturated heterocycles. The number of benzene rings is 2. The van der Waals surface area contributed by atoms with Crippen LogP contribution in [-0.2, 0) is 0 Å². The van der Waals surface area contributed by atoms with Gasteiger partial charge in [-0.25, -0.2) is 0 Å². The van der Waals surface area contributed by atoms with E-state index in [1.807, 2.05) is 24.3 Å². The number of likely N-dealkylation sites (tertiary alicyclic amines) is 1. The van der Waals surface area contributed by atoms with Crippen molar-refractivity contribution in [2.45, 2.75) is 25.0 Å². The van der Waals surface area contributed by atoms with Crippen molar-refractivity contribution in [1.29, 1.82) is 0 Å². The number of carbonyl (C=O) groups is 1. The molecule has 0 radical (unpaired) electrons. The molecule has 0 aliphatic carbocycles. The van der Waals surface area contributed by atoms with Crippen molar-refractivity contribution in [2.75, 3.05) is 38.5 Å². The van der Waals surface area contributed by atoms with Gasteiger partial charge in [-0.3, -0.25) is 4.79 Å². The van der Waals surface area contributed by atoms with Gasteiger partial charge in [0.25, 0.3) is 5.91 Å². The maximum Gasteiger partial charge on any atom is 0.253 e. The van der Waals surface area contributed by atoms with E-state index >= 15 is 0 Å². The van der Waals surface area contributed by atoms with Gasteiger partial charge in [0.05, 0.1) is 21.7 Å². The summed E-state index contributed by atoms with van der Waals surface area (Å²) in [6, 6.07) is 12.6. The van der Waals surface area contributed by atoms with E-state index in [2.05, 4.69) is 15.5 Å². The van der Waals surface area contributed by atoms with E-state index in [4.69, 9.17) is 27.9 Å². The van der Waals surface area contributed by atoms with Crippen LogP contribution in [0.2, 0.25) is 10.0 Å². The van der Waals surface area contributed by atoms with Crippen molar-refractivity contribution < 1.29 is 14.6 Å². The van der Waals surface area contributed by atoms with Crippen molar-refractivity contribution in [3.63, 3.8) is 0 Å². The van der Waals surface area contributed by atoms with Gasteiger partial charge >= 0.3 is 0 Å². The maximum atomic E-state index is 12.4. The first kappa shape index (κ1) is 22.7. The summed E-state index contributed by atoms with van der Waals surface area (Å²) in [5.74, 6) is 0.514. The van der Waals surface area contributed by atoms with Gasteiger partial charge in [-0.2, -0.15) is 0 Å². The molecule has 1 fully saturated rings. The fourth-order valence-corrected chi connectivity index (χ4v) is 3.81. The summed E-state index contributed by atoms with van der Waals surface area (Å²) < 4.78 is 6.00. The Bertz CT molecular complexity index is 857. The van der Waals surface area contributed by atoms with Crippen LogP contribution in [0.3, 0.4) is 0 Å². The van der Waals surface area contributed by atoms with E-state index in [9.17, 15) is 9.90 Å². The van der Waals surface area contributed by atoms with Gasteiger partial charge in [-0.15, -0.1) is 0 Å². The second-order valence-corrected chi connectivity index (χ2v) is 8.17. The van der Waals surface area contributed by atoms with Gasteiger partial charge in [0.1, 0.15) is 11.9 Å². The summed E-state index contributed by atoms with van der Waals surface area (Å²) in [6.45, 7) is 2.35. The lowest BCUT2D eigenvalue weighted by atomic mass is 10.1. The van der Waals surface area contributed by atoms with Gasteiger partial charge in [0, 0.05) is 45.0 Å². The summed E-state index contributed by atoms with van der Waals surface area (Å²) >= 11 is 12.0. The lowest BCUT2D eigenvalue weighted by Crippen LogP contribution is -2.45. The standard InChI is InChI=1S/C22H27Cl2N3O3/c1-25-21-5-3-2-4-18(21)22(29)26-13-15(28)14-27-10-8-16(9-11-27)30-17-6-7-19(23)20(24)12-17/h2-7,12,15-16,25,28H,8-11,13-14H2,1H3,(H,26,29)/t15-/m1/s1. The molecule has 3 N–H and O–H groups in total. The number of hydrogen-bond donors (Lipinski definition) is 3. The lowest BCUT2D eigenvalue weighted by Gasteiger charge is -2.33. The monoisotopic (exact) mass is 451 g/mol. The zero-order valence-corrected chi connectivity index (χ0v) is 18.4. The number of amides is 1. The molecular weight excluding hydrogens is 425 g/mol. The first-order chi connectivity index (χ1) is 14.5. The number of nitrogens with one attached hydrogen (secondary N) is 2. The number of aliphatic hydroxyl groups excluding tert-OH is 1. The highest BCUT2D eigenvalue weighted by Crippen LogP contribution is 2.28. The third-order valence-electron chi connectivity index (χ3n) is 5.14. The highest BCUT2D eigenvalue weighted by atomic mass is 35.5. The normalized spacial score (nSPS) is 16.1. The molecule has 1 heterocycles. The zero-order valence-electron chi connectivity index (χ0n) is 16.9. The quantitative estimate of drug-likeness (QED) is 0.570. The molecule has 1 atom stereocenters. The number of aliphatic hydroxyl groups is 1. The van der Waals surface area contributed by atoms with Crippen LogP contribution < -0.4 is 15.4 Å². The van der Waals surface area contributed by atoms with Crippen LogP contribution in [0, 0.1) is 0 Å². The molecule has 0 saturated carbocycles. The molecule has 3 rings (SSSR count). The van der Waals surface area contributed by atoms with Gasteiger partial charge in [-0.05, 0) is 37.1 Å². The van der Waals surface area contributed by atoms with Gasteiger partial charge in [0.2, 0.25) is 0 Å². The fraction of sp³-hybridized carbons (Fsp3) is 0.409. The predicted molar refractivity (Wildman–Crippen MR) is 121 cm³/mol. The molecule has 1 aliphatic rings. The number of para-hydroxylation sites is 1. The summed E-state index contributed by atoms with van der Waals surface area (Å²) in [5.41, 5.74) is 1.32. The van der Waals surface area contributed by atoms with E-state index in [1.54, 1.807) is 25.2 Å². The smallest absolute Gasteiger partial charge is 0.253 e. The Kier molecular flexibility index (Phi) is 8.22. The molecule has 0 unspecified atom stereocenters. The van der Waals surface area contributed by atoms with Crippen LogP contribution in [0.5, 0.6) is 5.75 Å². The number of rotatable bonds is 8. The number of hydrogen-bond acceptors (Lipinski definition) is 5. The fourth-order valence-electron chi connectivity index (χ4n) is 3.52. The SMILES string of the molecule is CNc1ccccc1C(=O)NC[C@@H](O)CN1CCC(Oc2ccc(Cl)c(Cl)c2)CC1. The average Bonchev–Trinajstić information content (AvgIpc) is 2.76. The van der Waals surface area contributed by atoms with Crippen molar-refractivity contribution in [3.8, 4) is 5.75 Å². The van der Waals surface area contributed by atoms with Crippen LogP contribution in [-0.4, -0.2) is 61.3 Å². The highest BCUT2D eigenvalue weighted by molar-refractivity contribution is 6.42. The summed E-state index contributed by atoms with van der Waals surface area (Å²) in [5, 5.41) is 17.2. The van der Waals surface area contributed by atoms with E-state index in [0.29, 0.717) is 27.9 Å². The molecule has 8 heteroatoms. The van der Waals surface area contributed by atoms with Crippen LogP contribution >= 0.6 is 23.2 Å². The number of nitrogens with zero attached hydrogens (tertiary/aromatic N) is 1. The zero-order chi connectivity index (χ0) is 21.5. The van der Waals surface area contributed by atoms with Crippen molar-refractivity contribution in [2.24, 2.45) is 0 Å². The van der Waals surface area contributed by atoms with Gasteiger partial charge in [0.15, 0.2) is 0 Å². The molecule has 30 heavy (non-hydrogen) atoms. The van der Waals surface area contributed by atoms with Crippen LogP contribution in [0.1, 0.15) is 23.2 Å². The topological polar surface area (TPSA) is 73.8 Å². The summed E-state index contributed by atoms with van der Waals surface area (Å²) in [7, 11) is 1.77. The first-order valence-corrected chi connectivity index (χ1v) is 10.8. The van der Waals surface area contributed by atoms with Crippen LogP contribution in [0.4, 0.5) is 5.69 Å². The summed E-state index contributed by atoms with van der Waals surface area (Å²) in [6.07, 6.45) is 1.18. The van der Waals surface area contributed by atoms with Crippen molar-refractivity contribution in [1.82, 2.24) is 10.2 Å². The van der Waals surface area contributed by atoms with Gasteiger partial charge < -0.3 is 25.4 Å². The molecular formula is C22H27Cl2N3O3. The van der Waals surface area contributed by atoms with Gasteiger partial charge in [-0.1, -0.05) is 35.3 Å². The Morgan fingerprint density at radius 3 is 2.63 bits per heavy atom. The van der Waals surface area contributed by atoms with E-state index < -0.39 is 6.10 Å². The highest BCUT2D eigenvalue weighted by Gasteiger charge is 2.23. The number of carbonyl (C=O) groups excluding carboxylic acids is 1. The number of anilines is 1. The third-order valence-corrected chi connectivity index (χ3v) is 5.88. The summed E-state index contributed by atoms with van der Waals surface area (Å²) in [4.78, 5) is 14.6. The maximum absolute atomic E-state index is 12.4. The molecule has 2 aromatic rings. The van der Waals surface area contributed by atoms with E-state index in [-0.39, 0.29) is 18.6 Å². The first-order valence-electron chi connectivity index (χ1n) is 10.0. The Morgan fingerprint density at radius 1 is 1.20 bits per heavy atom. The van der Waals surface area contributed by atoms with E-state index in [0.717, 1.165) is 31.6 Å². The number of ether oxygens (including phenoxy) is 1. The Labute approximate surface area is 187 Å². The molecule has 0 bridgehead atoms.